The lowest BCUT2D eigenvalue weighted by molar-refractivity contribution is -0.167. The van der Waals surface area contributed by atoms with Crippen molar-refractivity contribution >= 4 is 17.9 Å². The van der Waals surface area contributed by atoms with Gasteiger partial charge in [-0.25, -0.2) is 0 Å². The molecule has 0 radical (unpaired) electrons. The van der Waals surface area contributed by atoms with Crippen LogP contribution in [0.25, 0.3) is 0 Å². The predicted molar refractivity (Wildman–Crippen MR) is 339 cm³/mol. The van der Waals surface area contributed by atoms with Crippen LogP contribution in [0.15, 0.2) is 109 Å². The van der Waals surface area contributed by atoms with Gasteiger partial charge in [-0.3, -0.25) is 14.4 Å². The van der Waals surface area contributed by atoms with Crippen molar-refractivity contribution in [2.45, 2.75) is 316 Å². The molecule has 0 saturated carbocycles. The number of rotatable bonds is 59. The van der Waals surface area contributed by atoms with E-state index in [1.807, 2.05) is 0 Å². The largest absolute Gasteiger partial charge is 0.462 e. The molecule has 0 aromatic heterocycles. The van der Waals surface area contributed by atoms with Crippen molar-refractivity contribution in [1.29, 1.82) is 0 Å². The van der Waals surface area contributed by atoms with E-state index in [1.54, 1.807) is 0 Å². The van der Waals surface area contributed by atoms with Crippen LogP contribution in [0, 0.1) is 0 Å². The lowest BCUT2D eigenvalue weighted by Crippen LogP contribution is -2.30. The highest BCUT2D eigenvalue weighted by atomic mass is 16.6. The average Bonchev–Trinajstić information content (AvgIpc) is 3.44. The molecule has 0 aliphatic carbocycles. The molecule has 0 fully saturated rings. The fourth-order valence-corrected chi connectivity index (χ4v) is 9.06. The van der Waals surface area contributed by atoms with Crippen LogP contribution in [0.2, 0.25) is 0 Å². The van der Waals surface area contributed by atoms with Gasteiger partial charge in [0.25, 0.3) is 0 Å². The molecule has 446 valence electrons. The second kappa shape index (κ2) is 65.6. The third-order valence-corrected chi connectivity index (χ3v) is 14.0. The summed E-state index contributed by atoms with van der Waals surface area (Å²) in [7, 11) is 0. The van der Waals surface area contributed by atoms with Gasteiger partial charge >= 0.3 is 17.9 Å². The number of carbonyl (C=O) groups excluding carboxylic acids is 3. The molecule has 0 aliphatic rings. The van der Waals surface area contributed by atoms with Gasteiger partial charge in [0.1, 0.15) is 13.2 Å². The van der Waals surface area contributed by atoms with Crippen LogP contribution in [0.3, 0.4) is 0 Å². The van der Waals surface area contributed by atoms with Crippen LogP contribution >= 0.6 is 0 Å². The van der Waals surface area contributed by atoms with E-state index in [-0.39, 0.29) is 31.1 Å². The van der Waals surface area contributed by atoms with E-state index < -0.39 is 6.10 Å². The molecular weight excluding hydrogens is 961 g/mol. The Morgan fingerprint density at radius 2 is 0.500 bits per heavy atom. The van der Waals surface area contributed by atoms with Gasteiger partial charge in [-0.15, -0.1) is 0 Å². The zero-order valence-corrected chi connectivity index (χ0v) is 51.2. The summed E-state index contributed by atoms with van der Waals surface area (Å²) in [5.41, 5.74) is 0. The summed E-state index contributed by atoms with van der Waals surface area (Å²) in [4.78, 5) is 38.4. The second-order valence-electron chi connectivity index (χ2n) is 21.6. The Morgan fingerprint density at radius 3 is 0.821 bits per heavy atom. The molecule has 1 unspecified atom stereocenters. The zero-order valence-electron chi connectivity index (χ0n) is 51.2. The molecule has 0 spiro atoms. The highest BCUT2D eigenvalue weighted by Crippen LogP contribution is 2.16. The lowest BCUT2D eigenvalue weighted by atomic mass is 10.1. The van der Waals surface area contributed by atoms with Crippen molar-refractivity contribution in [1.82, 2.24) is 0 Å². The standard InChI is InChI=1S/C72H122O6/c1-4-7-10-13-16-19-22-25-28-31-34-35-36-37-39-41-44-47-50-53-56-59-62-65-71(74)77-68-69(67-76-70(73)64-61-58-55-52-49-46-43-40-33-30-27-24-21-18-15-12-9-6-3)78-72(75)66-63-60-57-54-51-48-45-42-38-32-29-26-23-20-17-14-11-8-5-2/h7,10,16-17,19-20,25-26,28-30,33-35,37,39,44,47,69H,4-6,8-9,11-15,18,21-24,27,31-32,36,38,40-43,45-46,48-68H2,1-3H3/b10-7-,19-16-,20-17-,28-25-,29-26-,33-30-,35-34-,39-37-,47-44-. The first-order valence-electron chi connectivity index (χ1n) is 32.9. The van der Waals surface area contributed by atoms with Crippen LogP contribution < -0.4 is 0 Å². The molecule has 6 nitrogen and oxygen atoms in total. The number of hydrogen-bond donors (Lipinski definition) is 0. The van der Waals surface area contributed by atoms with Gasteiger partial charge in [-0.1, -0.05) is 271 Å². The molecule has 0 aliphatic heterocycles. The van der Waals surface area contributed by atoms with Gasteiger partial charge < -0.3 is 14.2 Å². The third-order valence-electron chi connectivity index (χ3n) is 14.0. The first-order valence-corrected chi connectivity index (χ1v) is 32.9. The van der Waals surface area contributed by atoms with Crippen molar-refractivity contribution in [2.75, 3.05) is 13.2 Å². The quantitative estimate of drug-likeness (QED) is 0.0261. The van der Waals surface area contributed by atoms with Crippen LogP contribution in [0.5, 0.6) is 0 Å². The zero-order chi connectivity index (χ0) is 56.4. The Morgan fingerprint density at radius 1 is 0.269 bits per heavy atom. The van der Waals surface area contributed by atoms with E-state index in [9.17, 15) is 14.4 Å². The number of unbranched alkanes of at least 4 members (excludes halogenated alkanes) is 30. The summed E-state index contributed by atoms with van der Waals surface area (Å²) in [5.74, 6) is -0.915. The highest BCUT2D eigenvalue weighted by Gasteiger charge is 2.19. The van der Waals surface area contributed by atoms with Crippen LogP contribution in [0.4, 0.5) is 0 Å². The van der Waals surface area contributed by atoms with E-state index in [0.29, 0.717) is 19.3 Å². The normalized spacial score (nSPS) is 12.8. The molecule has 0 aromatic rings. The first-order chi connectivity index (χ1) is 38.5. The summed E-state index contributed by atoms with van der Waals surface area (Å²) in [6.45, 7) is 6.50. The lowest BCUT2D eigenvalue weighted by Gasteiger charge is -2.18. The minimum atomic E-state index is -0.797. The van der Waals surface area contributed by atoms with Crippen molar-refractivity contribution in [3.8, 4) is 0 Å². The predicted octanol–water partition coefficient (Wildman–Crippen LogP) is 22.6. The van der Waals surface area contributed by atoms with Crippen molar-refractivity contribution in [2.24, 2.45) is 0 Å². The van der Waals surface area contributed by atoms with E-state index in [0.717, 1.165) is 116 Å². The molecule has 0 heterocycles. The van der Waals surface area contributed by atoms with Gasteiger partial charge in [-0.2, -0.15) is 0 Å². The molecule has 0 aromatic carbocycles. The van der Waals surface area contributed by atoms with E-state index >= 15 is 0 Å². The Balaban J connectivity index is 4.45. The minimum absolute atomic E-state index is 0.0905. The molecule has 0 amide bonds. The van der Waals surface area contributed by atoms with Gasteiger partial charge in [0.15, 0.2) is 6.10 Å². The summed E-state index contributed by atoms with van der Waals surface area (Å²) < 4.78 is 16.9. The van der Waals surface area contributed by atoms with Gasteiger partial charge in [0.2, 0.25) is 0 Å². The molecule has 6 heteroatoms. The summed E-state index contributed by atoms with van der Waals surface area (Å²) in [5, 5.41) is 0. The third kappa shape index (κ3) is 62.9. The second-order valence-corrected chi connectivity index (χ2v) is 21.6. The Kier molecular flexibility index (Phi) is 62.3. The summed E-state index contributed by atoms with van der Waals surface area (Å²) in [6, 6.07) is 0. The Labute approximate surface area is 482 Å². The molecule has 1 atom stereocenters. The average molecular weight is 1080 g/mol. The number of allylic oxidation sites excluding steroid dienone is 18. The minimum Gasteiger partial charge on any atom is -0.462 e. The highest BCUT2D eigenvalue weighted by molar-refractivity contribution is 5.71. The number of ether oxygens (including phenoxy) is 3. The van der Waals surface area contributed by atoms with Crippen LogP contribution in [-0.4, -0.2) is 37.2 Å². The number of esters is 3. The van der Waals surface area contributed by atoms with Crippen molar-refractivity contribution < 1.29 is 28.6 Å². The topological polar surface area (TPSA) is 78.9 Å². The maximum absolute atomic E-state index is 12.9. The smallest absolute Gasteiger partial charge is 0.306 e. The summed E-state index contributed by atoms with van der Waals surface area (Å²) >= 11 is 0. The number of hydrogen-bond acceptors (Lipinski definition) is 6. The monoisotopic (exact) mass is 1080 g/mol. The fraction of sp³-hybridized carbons (Fsp3) is 0.708. The van der Waals surface area contributed by atoms with E-state index in [2.05, 4.69) is 130 Å². The summed E-state index contributed by atoms with van der Waals surface area (Å²) in [6.07, 6.45) is 89.4. The van der Waals surface area contributed by atoms with E-state index in [1.165, 1.54) is 154 Å². The van der Waals surface area contributed by atoms with Gasteiger partial charge in [0, 0.05) is 19.3 Å². The molecule has 0 bridgehead atoms. The fourth-order valence-electron chi connectivity index (χ4n) is 9.06. The number of carbonyl (C=O) groups is 3. The van der Waals surface area contributed by atoms with Gasteiger partial charge in [0.05, 0.1) is 0 Å². The first kappa shape index (κ1) is 74.1. The molecule has 0 rings (SSSR count). The Hall–Kier alpha value is -3.93. The van der Waals surface area contributed by atoms with Crippen molar-refractivity contribution in [3.05, 3.63) is 109 Å². The molecule has 78 heavy (non-hydrogen) atoms. The molecular formula is C72H122O6. The van der Waals surface area contributed by atoms with Crippen LogP contribution in [-0.2, 0) is 28.6 Å². The van der Waals surface area contributed by atoms with Gasteiger partial charge in [-0.05, 0) is 128 Å². The van der Waals surface area contributed by atoms with Crippen molar-refractivity contribution in [3.63, 3.8) is 0 Å². The maximum atomic E-state index is 12.9. The molecule has 0 saturated heterocycles. The SMILES string of the molecule is CC/C=C\C/C=C\C/C=C\C/C=C\C/C=C\C/C=C\CCCCCCC(=O)OCC(COC(=O)CCCCCCCCC/C=C\CCCCCCCCC)OC(=O)CCCCCCCCCCC/C=C\C/C=C\CCCCC. The molecule has 0 N–H and O–H groups in total. The van der Waals surface area contributed by atoms with Crippen LogP contribution in [0.1, 0.15) is 310 Å². The maximum Gasteiger partial charge on any atom is 0.306 e. The van der Waals surface area contributed by atoms with E-state index in [4.69, 9.17) is 14.2 Å². The Bertz CT molecular complexity index is 1570.